The molecule has 0 aromatic rings. The highest BCUT2D eigenvalue weighted by molar-refractivity contribution is 4.92. The van der Waals surface area contributed by atoms with Gasteiger partial charge in [0.25, 0.3) is 0 Å². The van der Waals surface area contributed by atoms with Crippen LogP contribution in [0.3, 0.4) is 0 Å². The van der Waals surface area contributed by atoms with E-state index in [1.807, 2.05) is 0 Å². The number of piperazine rings is 1. The number of nitrogens with zero attached hydrogens (tertiary/aromatic N) is 1. The van der Waals surface area contributed by atoms with Crippen LogP contribution >= 0.6 is 0 Å². The number of ether oxygens (including phenoxy) is 1. The van der Waals surface area contributed by atoms with Gasteiger partial charge < -0.3 is 10.1 Å². The van der Waals surface area contributed by atoms with Crippen LogP contribution in [0.25, 0.3) is 0 Å². The lowest BCUT2D eigenvalue weighted by Gasteiger charge is -2.46. The highest BCUT2D eigenvalue weighted by Crippen LogP contribution is 2.28. The van der Waals surface area contributed by atoms with E-state index < -0.39 is 0 Å². The smallest absolute Gasteiger partial charge is 0.0507 e. The Kier molecular flexibility index (Phi) is 4.11. The number of hydrogen-bond acceptors (Lipinski definition) is 3. The molecule has 2 saturated heterocycles. The largest absolute Gasteiger partial charge is 0.381 e. The van der Waals surface area contributed by atoms with E-state index in [9.17, 15) is 0 Å². The van der Waals surface area contributed by atoms with Crippen molar-refractivity contribution in [1.29, 1.82) is 0 Å². The van der Waals surface area contributed by atoms with Gasteiger partial charge in [-0.1, -0.05) is 20.8 Å². The average Bonchev–Trinajstić information content (AvgIpc) is 2.68. The molecule has 0 spiro atoms. The molecular formula is C14H28N2O. The fraction of sp³-hybridized carbons (Fsp3) is 1.00. The zero-order valence-electron chi connectivity index (χ0n) is 11.8. The number of hydrogen-bond donors (Lipinski definition) is 1. The lowest BCUT2D eigenvalue weighted by atomic mass is 9.83. The Bertz CT molecular complexity index is 243. The molecule has 3 atom stereocenters. The van der Waals surface area contributed by atoms with E-state index in [1.165, 1.54) is 19.5 Å². The van der Waals surface area contributed by atoms with Gasteiger partial charge >= 0.3 is 0 Å². The van der Waals surface area contributed by atoms with Crippen molar-refractivity contribution < 1.29 is 4.74 Å². The maximum absolute atomic E-state index is 5.50. The van der Waals surface area contributed by atoms with Crippen LogP contribution in [-0.4, -0.2) is 49.8 Å². The minimum Gasteiger partial charge on any atom is -0.381 e. The first-order valence-corrected chi connectivity index (χ1v) is 7.02. The van der Waals surface area contributed by atoms with Crippen LogP contribution < -0.4 is 5.32 Å². The van der Waals surface area contributed by atoms with Crippen LogP contribution in [0.4, 0.5) is 0 Å². The second kappa shape index (κ2) is 5.25. The zero-order chi connectivity index (χ0) is 12.5. The molecule has 100 valence electrons. The van der Waals surface area contributed by atoms with E-state index in [4.69, 9.17) is 4.74 Å². The predicted molar refractivity (Wildman–Crippen MR) is 71.2 cm³/mol. The Balaban J connectivity index is 1.98. The van der Waals surface area contributed by atoms with Gasteiger partial charge in [0.1, 0.15) is 0 Å². The van der Waals surface area contributed by atoms with E-state index >= 15 is 0 Å². The van der Waals surface area contributed by atoms with E-state index in [-0.39, 0.29) is 0 Å². The van der Waals surface area contributed by atoms with E-state index in [2.05, 4.69) is 37.9 Å². The summed E-state index contributed by atoms with van der Waals surface area (Å²) in [7, 11) is 0. The Hall–Kier alpha value is -0.120. The molecule has 2 aliphatic heterocycles. The second-order valence-corrected chi connectivity index (χ2v) is 6.87. The van der Waals surface area contributed by atoms with Crippen molar-refractivity contribution in [3.8, 4) is 0 Å². The number of nitrogens with one attached hydrogen (secondary N) is 1. The van der Waals surface area contributed by atoms with Crippen molar-refractivity contribution >= 4 is 0 Å². The summed E-state index contributed by atoms with van der Waals surface area (Å²) < 4.78 is 5.50. The van der Waals surface area contributed by atoms with Crippen molar-refractivity contribution in [2.24, 2.45) is 11.3 Å². The molecular weight excluding hydrogens is 212 g/mol. The topological polar surface area (TPSA) is 24.5 Å². The summed E-state index contributed by atoms with van der Waals surface area (Å²) in [4.78, 5) is 2.69. The van der Waals surface area contributed by atoms with Crippen LogP contribution in [0.5, 0.6) is 0 Å². The molecule has 2 heterocycles. The van der Waals surface area contributed by atoms with Gasteiger partial charge in [-0.3, -0.25) is 4.90 Å². The maximum Gasteiger partial charge on any atom is 0.0507 e. The highest BCUT2D eigenvalue weighted by Gasteiger charge is 2.35. The summed E-state index contributed by atoms with van der Waals surface area (Å²) in [6.07, 6.45) is 1.25. The molecule has 0 amide bonds. The lowest BCUT2D eigenvalue weighted by Crippen LogP contribution is -2.60. The standard InChI is InChI=1S/C14H28N2O/c1-11-8-16(9-12-5-6-17-10-12)13(7-15-11)14(2,3)4/h11-13,15H,5-10H2,1-4H3. The Morgan fingerprint density at radius 1 is 1.35 bits per heavy atom. The van der Waals surface area contributed by atoms with Gasteiger partial charge in [-0.15, -0.1) is 0 Å². The quantitative estimate of drug-likeness (QED) is 0.795. The third-order valence-electron chi connectivity index (χ3n) is 4.13. The molecule has 0 bridgehead atoms. The fourth-order valence-electron chi connectivity index (χ4n) is 3.10. The molecule has 3 unspecified atom stereocenters. The van der Waals surface area contributed by atoms with Crippen molar-refractivity contribution in [2.45, 2.75) is 46.2 Å². The van der Waals surface area contributed by atoms with Crippen molar-refractivity contribution in [3.05, 3.63) is 0 Å². The van der Waals surface area contributed by atoms with E-state index in [0.717, 1.165) is 25.7 Å². The van der Waals surface area contributed by atoms with Crippen molar-refractivity contribution in [3.63, 3.8) is 0 Å². The van der Waals surface area contributed by atoms with Crippen LogP contribution in [0.15, 0.2) is 0 Å². The summed E-state index contributed by atoms with van der Waals surface area (Å²) in [6, 6.07) is 1.27. The fourth-order valence-corrected chi connectivity index (χ4v) is 3.10. The van der Waals surface area contributed by atoms with Gasteiger partial charge in [0.05, 0.1) is 6.61 Å². The first kappa shape index (κ1) is 13.3. The monoisotopic (exact) mass is 240 g/mol. The van der Waals surface area contributed by atoms with Gasteiger partial charge in [0.15, 0.2) is 0 Å². The number of rotatable bonds is 2. The molecule has 0 radical (unpaired) electrons. The third kappa shape index (κ3) is 3.43. The Labute approximate surface area is 106 Å². The predicted octanol–water partition coefficient (Wildman–Crippen LogP) is 1.73. The Morgan fingerprint density at radius 2 is 2.12 bits per heavy atom. The average molecular weight is 240 g/mol. The van der Waals surface area contributed by atoms with E-state index in [1.54, 1.807) is 0 Å². The van der Waals surface area contributed by atoms with Gasteiger partial charge in [-0.2, -0.15) is 0 Å². The minimum absolute atomic E-state index is 0.354. The first-order chi connectivity index (χ1) is 7.97. The Morgan fingerprint density at radius 3 is 2.71 bits per heavy atom. The van der Waals surface area contributed by atoms with Gasteiger partial charge in [0, 0.05) is 38.3 Å². The van der Waals surface area contributed by atoms with Gasteiger partial charge in [0.2, 0.25) is 0 Å². The van der Waals surface area contributed by atoms with Crippen LogP contribution in [0, 0.1) is 11.3 Å². The van der Waals surface area contributed by atoms with Crippen LogP contribution in [0.2, 0.25) is 0 Å². The summed E-state index contributed by atoms with van der Waals surface area (Å²) >= 11 is 0. The first-order valence-electron chi connectivity index (χ1n) is 7.02. The van der Waals surface area contributed by atoms with Crippen molar-refractivity contribution in [2.75, 3.05) is 32.8 Å². The molecule has 3 heteroatoms. The molecule has 0 saturated carbocycles. The van der Waals surface area contributed by atoms with Crippen LogP contribution in [0.1, 0.15) is 34.1 Å². The molecule has 0 aromatic heterocycles. The van der Waals surface area contributed by atoms with E-state index in [0.29, 0.717) is 17.5 Å². The summed E-state index contributed by atoms with van der Waals surface area (Å²) in [6.45, 7) is 14.8. The zero-order valence-corrected chi connectivity index (χ0v) is 11.8. The van der Waals surface area contributed by atoms with Crippen molar-refractivity contribution in [1.82, 2.24) is 10.2 Å². The highest BCUT2D eigenvalue weighted by atomic mass is 16.5. The maximum atomic E-state index is 5.50. The second-order valence-electron chi connectivity index (χ2n) is 6.87. The molecule has 0 aromatic carbocycles. The summed E-state index contributed by atoms with van der Waals surface area (Å²) in [5.41, 5.74) is 0.354. The third-order valence-corrected chi connectivity index (χ3v) is 4.13. The normalized spacial score (nSPS) is 36.4. The molecule has 2 fully saturated rings. The molecule has 17 heavy (non-hydrogen) atoms. The van der Waals surface area contributed by atoms with Crippen LogP contribution in [-0.2, 0) is 4.74 Å². The van der Waals surface area contributed by atoms with Gasteiger partial charge in [-0.25, -0.2) is 0 Å². The minimum atomic E-state index is 0.354. The molecule has 2 rings (SSSR count). The molecule has 3 nitrogen and oxygen atoms in total. The molecule has 1 N–H and O–H groups in total. The molecule has 0 aliphatic carbocycles. The summed E-state index contributed by atoms with van der Waals surface area (Å²) in [5.74, 6) is 0.755. The summed E-state index contributed by atoms with van der Waals surface area (Å²) in [5, 5.41) is 3.62. The van der Waals surface area contributed by atoms with Gasteiger partial charge in [-0.05, 0) is 24.7 Å². The molecule has 2 aliphatic rings. The SMILES string of the molecule is CC1CN(CC2CCOC2)C(C(C)(C)C)CN1. The lowest BCUT2D eigenvalue weighted by molar-refractivity contribution is 0.0437.